The number of fused-ring (bicyclic) bond motifs is 2. The van der Waals surface area contributed by atoms with E-state index in [-0.39, 0.29) is 29.1 Å². The van der Waals surface area contributed by atoms with Crippen LogP contribution in [0.15, 0.2) is 84.2 Å². The second kappa shape index (κ2) is 11.2. The monoisotopic (exact) mass is 549 g/mol. The van der Waals surface area contributed by atoms with E-state index in [0.29, 0.717) is 39.9 Å². The number of benzene rings is 2. The molecule has 0 radical (unpaired) electrons. The highest BCUT2D eigenvalue weighted by atomic mass is 16.1. The Labute approximate surface area is 233 Å². The maximum absolute atomic E-state index is 13.4. The Kier molecular flexibility index (Phi) is 7.37. The minimum absolute atomic E-state index is 0.0779. The van der Waals surface area contributed by atoms with Crippen molar-refractivity contribution in [3.05, 3.63) is 112 Å². The Balaban J connectivity index is 0.000000216. The predicted octanol–water partition coefficient (Wildman–Crippen LogP) is 2.52. The van der Waals surface area contributed by atoms with E-state index in [4.69, 9.17) is 16.5 Å². The molecule has 0 aliphatic heterocycles. The van der Waals surface area contributed by atoms with Gasteiger partial charge in [0.05, 0.1) is 28.4 Å². The molecule has 0 aliphatic carbocycles. The zero-order valence-electron chi connectivity index (χ0n) is 22.4. The third-order valence-corrected chi connectivity index (χ3v) is 6.43. The van der Waals surface area contributed by atoms with Gasteiger partial charge in [-0.2, -0.15) is 5.10 Å². The van der Waals surface area contributed by atoms with E-state index in [1.807, 2.05) is 55.5 Å². The lowest BCUT2D eigenvalue weighted by Crippen LogP contribution is -2.25. The van der Waals surface area contributed by atoms with Gasteiger partial charge < -0.3 is 11.5 Å². The number of aromatic nitrogens is 7. The molecular formula is C29H27N9O3. The Hall–Kier alpha value is -5.65. The lowest BCUT2D eigenvalue weighted by molar-refractivity contribution is 0.0988. The van der Waals surface area contributed by atoms with Crippen LogP contribution in [-0.4, -0.2) is 45.6 Å². The van der Waals surface area contributed by atoms with Crippen molar-refractivity contribution in [2.45, 2.75) is 19.8 Å². The minimum atomic E-state index is -0.619. The number of rotatable bonds is 6. The standard InChI is InChI=1S/C22H20N4O2.C7H7N5O/c1-3-20-24-18-11-7-8-15(12-19(27)16-13-23-25(2)14-16)21(18)22(28)26(20)17-9-5-4-6-10-17;8-5-4(6(9)13)7-10-2-1-3-12(7)11-5/h4-11,13-14H,3,12H2,1-2H3;1-3H,(H2,8,11)(H2,9,13). The van der Waals surface area contributed by atoms with Crippen molar-refractivity contribution >= 4 is 34.1 Å². The Morgan fingerprint density at radius 2 is 1.80 bits per heavy atom. The first-order chi connectivity index (χ1) is 19.8. The second-order valence-corrected chi connectivity index (χ2v) is 9.18. The van der Waals surface area contributed by atoms with Gasteiger partial charge in [-0.25, -0.2) is 14.5 Å². The molecule has 2 aromatic carbocycles. The average molecular weight is 550 g/mol. The number of carbonyl (C=O) groups excluding carboxylic acids is 2. The largest absolute Gasteiger partial charge is 0.381 e. The van der Waals surface area contributed by atoms with Gasteiger partial charge in [-0.1, -0.05) is 37.3 Å². The molecule has 41 heavy (non-hydrogen) atoms. The summed E-state index contributed by atoms with van der Waals surface area (Å²) in [5.74, 6) is 0.0997. The normalized spacial score (nSPS) is 10.9. The molecule has 0 aliphatic rings. The number of hydrogen-bond acceptors (Lipinski definition) is 8. The lowest BCUT2D eigenvalue weighted by atomic mass is 10.0. The van der Waals surface area contributed by atoms with Crippen LogP contribution in [-0.2, 0) is 19.9 Å². The average Bonchev–Trinajstić information content (AvgIpc) is 3.56. The van der Waals surface area contributed by atoms with E-state index in [2.05, 4.69) is 15.2 Å². The quantitative estimate of drug-likeness (QED) is 0.299. The maximum Gasteiger partial charge on any atom is 0.266 e. The summed E-state index contributed by atoms with van der Waals surface area (Å²) in [7, 11) is 1.77. The van der Waals surface area contributed by atoms with E-state index in [1.165, 1.54) is 4.52 Å². The van der Waals surface area contributed by atoms with Crippen LogP contribution in [0.5, 0.6) is 0 Å². The molecule has 0 saturated heterocycles. The number of ketones is 1. The van der Waals surface area contributed by atoms with Crippen LogP contribution in [0.2, 0.25) is 0 Å². The number of carbonyl (C=O) groups is 2. The fourth-order valence-electron chi connectivity index (χ4n) is 4.55. The molecule has 12 heteroatoms. The van der Waals surface area contributed by atoms with Crippen LogP contribution in [0.25, 0.3) is 22.2 Å². The van der Waals surface area contributed by atoms with Crippen LogP contribution >= 0.6 is 0 Å². The fraction of sp³-hybridized carbons (Fsp3) is 0.138. The van der Waals surface area contributed by atoms with Crippen LogP contribution < -0.4 is 17.0 Å². The number of primary amides is 1. The van der Waals surface area contributed by atoms with Gasteiger partial charge >= 0.3 is 0 Å². The van der Waals surface area contributed by atoms with Gasteiger partial charge in [0.25, 0.3) is 11.5 Å². The van der Waals surface area contributed by atoms with Crippen molar-refractivity contribution in [1.82, 2.24) is 33.9 Å². The molecule has 0 atom stereocenters. The number of nitrogen functional groups attached to an aromatic ring is 1. The Bertz CT molecular complexity index is 1960. The summed E-state index contributed by atoms with van der Waals surface area (Å²) in [6.07, 6.45) is 7.17. The first-order valence-corrected chi connectivity index (χ1v) is 12.8. The van der Waals surface area contributed by atoms with E-state index >= 15 is 0 Å². The number of Topliss-reactive ketones (excluding diaryl/α,β-unsaturated/α-hetero) is 1. The van der Waals surface area contributed by atoms with Gasteiger partial charge in [-0.15, -0.1) is 5.10 Å². The molecule has 0 unspecified atom stereocenters. The molecule has 4 N–H and O–H groups in total. The van der Waals surface area contributed by atoms with E-state index in [9.17, 15) is 14.4 Å². The fourth-order valence-corrected chi connectivity index (χ4v) is 4.55. The van der Waals surface area contributed by atoms with Crippen molar-refractivity contribution in [3.63, 3.8) is 0 Å². The van der Waals surface area contributed by atoms with Gasteiger partial charge in [0.1, 0.15) is 11.4 Å². The van der Waals surface area contributed by atoms with Crippen molar-refractivity contribution < 1.29 is 9.59 Å². The molecule has 0 spiro atoms. The molecule has 0 bridgehead atoms. The Morgan fingerprint density at radius 3 is 2.49 bits per heavy atom. The number of amides is 1. The topological polar surface area (TPSA) is 169 Å². The van der Waals surface area contributed by atoms with Crippen molar-refractivity contribution in [3.8, 4) is 5.69 Å². The molecule has 4 aromatic heterocycles. The molecule has 1 amide bonds. The van der Waals surface area contributed by atoms with Crippen LogP contribution in [0.3, 0.4) is 0 Å². The summed E-state index contributed by atoms with van der Waals surface area (Å²) in [6.45, 7) is 1.98. The number of anilines is 1. The summed E-state index contributed by atoms with van der Waals surface area (Å²) < 4.78 is 4.64. The Morgan fingerprint density at radius 1 is 1.02 bits per heavy atom. The number of para-hydroxylation sites is 1. The third kappa shape index (κ3) is 5.30. The minimum Gasteiger partial charge on any atom is -0.381 e. The number of nitrogens with two attached hydrogens (primary N) is 2. The molecule has 0 saturated carbocycles. The highest BCUT2D eigenvalue weighted by Gasteiger charge is 2.18. The highest BCUT2D eigenvalue weighted by Crippen LogP contribution is 2.19. The molecule has 4 heterocycles. The molecular weight excluding hydrogens is 522 g/mol. The van der Waals surface area contributed by atoms with Crippen molar-refractivity contribution in [1.29, 1.82) is 0 Å². The van der Waals surface area contributed by atoms with Gasteiger partial charge in [0.2, 0.25) is 0 Å². The molecule has 0 fully saturated rings. The zero-order chi connectivity index (χ0) is 29.1. The summed E-state index contributed by atoms with van der Waals surface area (Å²) in [4.78, 5) is 45.7. The van der Waals surface area contributed by atoms with Gasteiger partial charge in [0.15, 0.2) is 17.2 Å². The number of hydrogen-bond donors (Lipinski definition) is 2. The smallest absolute Gasteiger partial charge is 0.266 e. The summed E-state index contributed by atoms with van der Waals surface area (Å²) in [5, 5.41) is 8.41. The van der Waals surface area contributed by atoms with Crippen LogP contribution in [0, 0.1) is 0 Å². The van der Waals surface area contributed by atoms with Gasteiger partial charge in [-0.05, 0) is 29.8 Å². The summed E-state index contributed by atoms with van der Waals surface area (Å²) in [5.41, 5.74) is 13.6. The first kappa shape index (κ1) is 26.9. The third-order valence-electron chi connectivity index (χ3n) is 6.43. The van der Waals surface area contributed by atoms with E-state index < -0.39 is 5.91 Å². The number of nitrogens with zero attached hydrogens (tertiary/aromatic N) is 7. The summed E-state index contributed by atoms with van der Waals surface area (Å²) >= 11 is 0. The summed E-state index contributed by atoms with van der Waals surface area (Å²) in [6, 6.07) is 16.6. The van der Waals surface area contributed by atoms with E-state index in [1.54, 1.807) is 47.2 Å². The van der Waals surface area contributed by atoms with Crippen LogP contribution in [0.1, 0.15) is 39.0 Å². The van der Waals surface area contributed by atoms with Gasteiger partial charge in [0, 0.05) is 38.5 Å². The first-order valence-electron chi connectivity index (χ1n) is 12.8. The maximum atomic E-state index is 13.4. The van der Waals surface area contributed by atoms with Crippen molar-refractivity contribution in [2.24, 2.45) is 12.8 Å². The zero-order valence-corrected chi connectivity index (χ0v) is 22.4. The predicted molar refractivity (Wildman–Crippen MR) is 154 cm³/mol. The second-order valence-electron chi connectivity index (χ2n) is 9.18. The highest BCUT2D eigenvalue weighted by molar-refractivity contribution is 6.03. The molecule has 206 valence electrons. The van der Waals surface area contributed by atoms with Crippen LogP contribution in [0.4, 0.5) is 5.82 Å². The van der Waals surface area contributed by atoms with Crippen molar-refractivity contribution in [2.75, 3.05) is 5.73 Å². The molecule has 6 aromatic rings. The SMILES string of the molecule is CCc1nc2cccc(CC(=O)c3cnn(C)c3)c2c(=O)n1-c1ccccc1.NC(=O)c1c(N)nn2cccnc12. The van der Waals surface area contributed by atoms with E-state index in [0.717, 1.165) is 5.69 Å². The molecule has 6 rings (SSSR count). The molecule has 12 nitrogen and oxygen atoms in total. The number of aryl methyl sites for hydroxylation is 2. The lowest BCUT2D eigenvalue weighted by Gasteiger charge is -2.14. The van der Waals surface area contributed by atoms with Gasteiger partial charge in [-0.3, -0.25) is 23.6 Å².